The lowest BCUT2D eigenvalue weighted by atomic mass is 10.0. The maximum atomic E-state index is 6.37. The Labute approximate surface area is 130 Å². The molecule has 116 valence electrons. The molecule has 0 saturated heterocycles. The Balaban J connectivity index is 2.43. The first-order valence-corrected chi connectivity index (χ1v) is 7.39. The summed E-state index contributed by atoms with van der Waals surface area (Å²) in [5.41, 5.74) is 3.17. The van der Waals surface area contributed by atoms with Gasteiger partial charge in [-0.25, -0.2) is 0 Å². The van der Waals surface area contributed by atoms with Gasteiger partial charge < -0.3 is 10.1 Å². The summed E-state index contributed by atoms with van der Waals surface area (Å²) in [4.78, 5) is 0. The molecule has 21 heavy (non-hydrogen) atoms. The SMILES string of the molecule is CCNC(c1cnn(C)c1C)c1c(Cl)cnn1CCOC. The number of nitrogens with zero attached hydrogens (tertiary/aromatic N) is 4. The van der Waals surface area contributed by atoms with Gasteiger partial charge in [0.05, 0.1) is 42.3 Å². The molecule has 0 aliphatic rings. The van der Waals surface area contributed by atoms with Gasteiger partial charge in [-0.15, -0.1) is 0 Å². The molecule has 2 aromatic heterocycles. The van der Waals surface area contributed by atoms with E-state index in [1.807, 2.05) is 22.6 Å². The molecule has 2 rings (SSSR count). The second-order valence-electron chi connectivity index (χ2n) is 4.89. The van der Waals surface area contributed by atoms with E-state index < -0.39 is 0 Å². The van der Waals surface area contributed by atoms with Crippen LogP contribution in [0.5, 0.6) is 0 Å². The molecule has 0 aliphatic heterocycles. The van der Waals surface area contributed by atoms with E-state index in [1.165, 1.54) is 0 Å². The monoisotopic (exact) mass is 311 g/mol. The van der Waals surface area contributed by atoms with Crippen LogP contribution in [-0.2, 0) is 18.3 Å². The third kappa shape index (κ3) is 3.28. The molecule has 2 heterocycles. The van der Waals surface area contributed by atoms with E-state index in [4.69, 9.17) is 16.3 Å². The minimum Gasteiger partial charge on any atom is -0.383 e. The van der Waals surface area contributed by atoms with Crippen LogP contribution in [0.15, 0.2) is 12.4 Å². The van der Waals surface area contributed by atoms with E-state index in [-0.39, 0.29) is 6.04 Å². The molecule has 0 saturated carbocycles. The molecule has 7 heteroatoms. The Hall–Kier alpha value is -1.37. The Bertz CT molecular complexity index is 592. The van der Waals surface area contributed by atoms with Gasteiger partial charge in [0.2, 0.25) is 0 Å². The van der Waals surface area contributed by atoms with Crippen molar-refractivity contribution in [3.05, 3.63) is 34.4 Å². The number of hydrogen-bond acceptors (Lipinski definition) is 4. The molecule has 0 bridgehead atoms. The van der Waals surface area contributed by atoms with Crippen LogP contribution in [-0.4, -0.2) is 39.8 Å². The van der Waals surface area contributed by atoms with E-state index >= 15 is 0 Å². The summed E-state index contributed by atoms with van der Waals surface area (Å²) >= 11 is 6.37. The van der Waals surface area contributed by atoms with Crippen LogP contribution in [0.25, 0.3) is 0 Å². The van der Waals surface area contributed by atoms with Crippen molar-refractivity contribution < 1.29 is 4.74 Å². The Morgan fingerprint density at radius 2 is 2.14 bits per heavy atom. The number of methoxy groups -OCH3 is 1. The molecular formula is C14H22ClN5O. The lowest BCUT2D eigenvalue weighted by Crippen LogP contribution is -2.26. The highest BCUT2D eigenvalue weighted by molar-refractivity contribution is 6.31. The predicted octanol–water partition coefficient (Wildman–Crippen LogP) is 1.92. The largest absolute Gasteiger partial charge is 0.383 e. The molecule has 6 nitrogen and oxygen atoms in total. The molecular weight excluding hydrogens is 290 g/mol. The number of nitrogens with one attached hydrogen (secondary N) is 1. The lowest BCUT2D eigenvalue weighted by Gasteiger charge is -2.20. The van der Waals surface area contributed by atoms with Crippen LogP contribution >= 0.6 is 11.6 Å². The first-order chi connectivity index (χ1) is 10.1. The normalized spacial score (nSPS) is 12.8. The van der Waals surface area contributed by atoms with E-state index in [9.17, 15) is 0 Å². The standard InChI is InChI=1S/C14H22ClN5O/c1-5-16-13(11-8-17-19(3)10(11)2)14-12(15)9-18-20(14)6-7-21-4/h8-9,13,16H,5-7H2,1-4H3. The summed E-state index contributed by atoms with van der Waals surface area (Å²) in [6.07, 6.45) is 3.56. The zero-order valence-corrected chi connectivity index (χ0v) is 13.7. The van der Waals surface area contributed by atoms with E-state index in [2.05, 4.69) is 29.4 Å². The second kappa shape index (κ2) is 7.06. The zero-order chi connectivity index (χ0) is 15.4. The summed E-state index contributed by atoms with van der Waals surface area (Å²) in [5.74, 6) is 0. The van der Waals surface area contributed by atoms with Gasteiger partial charge in [0, 0.05) is 25.4 Å². The number of rotatable bonds is 7. The Morgan fingerprint density at radius 1 is 1.38 bits per heavy atom. The third-order valence-electron chi connectivity index (χ3n) is 3.61. The fourth-order valence-corrected chi connectivity index (χ4v) is 2.62. The van der Waals surface area contributed by atoms with Gasteiger partial charge in [-0.05, 0) is 13.5 Å². The van der Waals surface area contributed by atoms with Gasteiger partial charge in [0.25, 0.3) is 0 Å². The lowest BCUT2D eigenvalue weighted by molar-refractivity contribution is 0.182. The van der Waals surface area contributed by atoms with Gasteiger partial charge in [-0.1, -0.05) is 18.5 Å². The molecule has 0 aliphatic carbocycles. The number of halogens is 1. The van der Waals surface area contributed by atoms with Crippen LogP contribution in [0.4, 0.5) is 0 Å². The Morgan fingerprint density at radius 3 is 2.71 bits per heavy atom. The average Bonchev–Trinajstić information content (AvgIpc) is 2.99. The van der Waals surface area contributed by atoms with Crippen molar-refractivity contribution in [1.82, 2.24) is 24.9 Å². The predicted molar refractivity (Wildman–Crippen MR) is 82.6 cm³/mol. The molecule has 0 amide bonds. The fourth-order valence-electron chi connectivity index (χ4n) is 2.37. The van der Waals surface area contributed by atoms with Crippen molar-refractivity contribution in [1.29, 1.82) is 0 Å². The fraction of sp³-hybridized carbons (Fsp3) is 0.571. The highest BCUT2D eigenvalue weighted by Crippen LogP contribution is 2.29. The number of ether oxygens (including phenoxy) is 1. The first-order valence-electron chi connectivity index (χ1n) is 7.02. The molecule has 0 spiro atoms. The van der Waals surface area contributed by atoms with Gasteiger partial charge in [0.1, 0.15) is 0 Å². The number of hydrogen-bond donors (Lipinski definition) is 1. The van der Waals surface area contributed by atoms with Crippen LogP contribution < -0.4 is 5.32 Å². The third-order valence-corrected chi connectivity index (χ3v) is 3.90. The summed E-state index contributed by atoms with van der Waals surface area (Å²) in [6.45, 7) is 6.21. The molecule has 1 N–H and O–H groups in total. The molecule has 2 aromatic rings. The topological polar surface area (TPSA) is 56.9 Å². The second-order valence-corrected chi connectivity index (χ2v) is 5.30. The van der Waals surface area contributed by atoms with E-state index in [1.54, 1.807) is 13.3 Å². The molecule has 0 aromatic carbocycles. The van der Waals surface area contributed by atoms with Gasteiger partial charge in [0.15, 0.2) is 0 Å². The number of aryl methyl sites for hydroxylation is 1. The highest BCUT2D eigenvalue weighted by Gasteiger charge is 2.24. The average molecular weight is 312 g/mol. The molecule has 1 unspecified atom stereocenters. The maximum absolute atomic E-state index is 6.37. The van der Waals surface area contributed by atoms with Crippen LogP contribution in [0.3, 0.4) is 0 Å². The summed E-state index contributed by atoms with van der Waals surface area (Å²) in [7, 11) is 3.61. The smallest absolute Gasteiger partial charge is 0.0837 e. The zero-order valence-electron chi connectivity index (χ0n) is 12.9. The maximum Gasteiger partial charge on any atom is 0.0837 e. The van der Waals surface area contributed by atoms with Gasteiger partial charge >= 0.3 is 0 Å². The van der Waals surface area contributed by atoms with Crippen LogP contribution in [0, 0.1) is 6.92 Å². The quantitative estimate of drug-likeness (QED) is 0.849. The van der Waals surface area contributed by atoms with Crippen LogP contribution in [0.2, 0.25) is 5.02 Å². The molecule has 0 radical (unpaired) electrons. The van der Waals surface area contributed by atoms with E-state index in [0.717, 1.165) is 23.5 Å². The Kier molecular flexibility index (Phi) is 5.39. The summed E-state index contributed by atoms with van der Waals surface area (Å²) in [5, 5.41) is 12.8. The van der Waals surface area contributed by atoms with Crippen molar-refractivity contribution in [2.45, 2.75) is 26.4 Å². The molecule has 1 atom stereocenters. The number of aromatic nitrogens is 4. The van der Waals surface area contributed by atoms with Crippen molar-refractivity contribution in [3.8, 4) is 0 Å². The van der Waals surface area contributed by atoms with Crippen molar-refractivity contribution in [2.24, 2.45) is 7.05 Å². The van der Waals surface area contributed by atoms with Crippen molar-refractivity contribution >= 4 is 11.6 Å². The summed E-state index contributed by atoms with van der Waals surface area (Å²) in [6, 6.07) is -0.0319. The molecule has 0 fully saturated rings. The first kappa shape index (κ1) is 16.0. The van der Waals surface area contributed by atoms with Gasteiger partial charge in [-0.2, -0.15) is 10.2 Å². The van der Waals surface area contributed by atoms with Crippen molar-refractivity contribution in [2.75, 3.05) is 20.3 Å². The summed E-state index contributed by atoms with van der Waals surface area (Å²) < 4.78 is 8.90. The highest BCUT2D eigenvalue weighted by atomic mass is 35.5. The van der Waals surface area contributed by atoms with Gasteiger partial charge in [-0.3, -0.25) is 9.36 Å². The minimum atomic E-state index is -0.0319. The van der Waals surface area contributed by atoms with E-state index in [0.29, 0.717) is 18.2 Å². The van der Waals surface area contributed by atoms with Crippen molar-refractivity contribution in [3.63, 3.8) is 0 Å². The van der Waals surface area contributed by atoms with Crippen LogP contribution in [0.1, 0.15) is 29.9 Å². The minimum absolute atomic E-state index is 0.0319.